The Hall–Kier alpha value is -2.58. The van der Waals surface area contributed by atoms with Crippen LogP contribution >= 0.6 is 0 Å². The number of aromatic nitrogens is 2. The SMILES string of the molecule is CCOC(=O)CNC(=O)NC(C(=O)O)c1cnn(C)c1. The van der Waals surface area contributed by atoms with E-state index in [2.05, 4.69) is 20.5 Å². The quantitative estimate of drug-likeness (QED) is 0.600. The Kier molecular flexibility index (Phi) is 5.51. The molecule has 20 heavy (non-hydrogen) atoms. The third kappa shape index (κ3) is 4.59. The molecule has 0 saturated heterocycles. The Labute approximate surface area is 114 Å². The van der Waals surface area contributed by atoms with Crippen LogP contribution in [0.15, 0.2) is 12.4 Å². The summed E-state index contributed by atoms with van der Waals surface area (Å²) in [6.45, 7) is 1.51. The van der Waals surface area contributed by atoms with Gasteiger partial charge in [-0.3, -0.25) is 9.48 Å². The van der Waals surface area contributed by atoms with Crippen LogP contribution in [0.4, 0.5) is 4.79 Å². The van der Waals surface area contributed by atoms with Crippen LogP contribution in [-0.2, 0) is 21.4 Å². The van der Waals surface area contributed by atoms with Gasteiger partial charge >= 0.3 is 18.0 Å². The molecule has 9 heteroatoms. The molecule has 0 aliphatic rings. The van der Waals surface area contributed by atoms with E-state index in [4.69, 9.17) is 5.11 Å². The number of aliphatic carboxylic acids is 1. The van der Waals surface area contributed by atoms with Crippen molar-refractivity contribution in [2.45, 2.75) is 13.0 Å². The highest BCUT2D eigenvalue weighted by atomic mass is 16.5. The summed E-state index contributed by atoms with van der Waals surface area (Å²) in [5.74, 6) is -1.83. The highest BCUT2D eigenvalue weighted by Crippen LogP contribution is 2.11. The molecule has 0 aliphatic carbocycles. The number of hydrogen-bond acceptors (Lipinski definition) is 5. The van der Waals surface area contributed by atoms with Crippen LogP contribution in [-0.4, -0.2) is 46.0 Å². The summed E-state index contributed by atoms with van der Waals surface area (Å²) in [4.78, 5) is 33.7. The van der Waals surface area contributed by atoms with Gasteiger partial charge in [-0.15, -0.1) is 0 Å². The van der Waals surface area contributed by atoms with Crippen molar-refractivity contribution in [3.63, 3.8) is 0 Å². The number of carbonyl (C=O) groups is 3. The maximum absolute atomic E-state index is 11.5. The Morgan fingerprint density at radius 2 is 2.20 bits per heavy atom. The highest BCUT2D eigenvalue weighted by molar-refractivity contribution is 5.85. The second-order valence-electron chi connectivity index (χ2n) is 3.85. The van der Waals surface area contributed by atoms with Crippen molar-refractivity contribution in [2.75, 3.05) is 13.2 Å². The van der Waals surface area contributed by atoms with Crippen LogP contribution in [0.5, 0.6) is 0 Å². The molecule has 1 heterocycles. The van der Waals surface area contributed by atoms with Crippen molar-refractivity contribution in [1.82, 2.24) is 20.4 Å². The number of urea groups is 1. The number of carbonyl (C=O) groups excluding carboxylic acids is 2. The van der Waals surface area contributed by atoms with Gasteiger partial charge in [0.15, 0.2) is 6.04 Å². The van der Waals surface area contributed by atoms with Crippen LogP contribution in [0.25, 0.3) is 0 Å². The second kappa shape index (κ2) is 7.12. The van der Waals surface area contributed by atoms with Gasteiger partial charge in [-0.05, 0) is 6.92 Å². The lowest BCUT2D eigenvalue weighted by atomic mass is 10.1. The Morgan fingerprint density at radius 3 is 2.70 bits per heavy atom. The number of carboxylic acid groups (broad SMARTS) is 1. The molecular formula is C11H16N4O5. The minimum atomic E-state index is -1.24. The lowest BCUT2D eigenvalue weighted by molar-refractivity contribution is -0.141. The molecule has 9 nitrogen and oxygen atoms in total. The van der Waals surface area contributed by atoms with E-state index in [1.165, 1.54) is 17.1 Å². The van der Waals surface area contributed by atoms with E-state index in [-0.39, 0.29) is 13.2 Å². The summed E-state index contributed by atoms with van der Waals surface area (Å²) in [6.07, 6.45) is 2.81. The van der Waals surface area contributed by atoms with Crippen molar-refractivity contribution in [3.05, 3.63) is 18.0 Å². The summed E-state index contributed by atoms with van der Waals surface area (Å²) in [7, 11) is 1.63. The van der Waals surface area contributed by atoms with Gasteiger partial charge in [-0.25, -0.2) is 9.59 Å². The lowest BCUT2D eigenvalue weighted by Crippen LogP contribution is -2.42. The Balaban J connectivity index is 2.56. The predicted molar refractivity (Wildman–Crippen MR) is 66.8 cm³/mol. The van der Waals surface area contributed by atoms with E-state index in [1.807, 2.05) is 0 Å². The van der Waals surface area contributed by atoms with E-state index < -0.39 is 24.0 Å². The number of nitrogens with zero attached hydrogens (tertiary/aromatic N) is 2. The number of esters is 1. The van der Waals surface area contributed by atoms with Crippen molar-refractivity contribution in [2.24, 2.45) is 7.05 Å². The van der Waals surface area contributed by atoms with Gasteiger partial charge in [0.1, 0.15) is 6.54 Å². The van der Waals surface area contributed by atoms with Crippen LogP contribution in [0.1, 0.15) is 18.5 Å². The molecule has 0 aromatic carbocycles. The highest BCUT2D eigenvalue weighted by Gasteiger charge is 2.23. The van der Waals surface area contributed by atoms with Gasteiger partial charge in [-0.1, -0.05) is 0 Å². The number of amides is 2. The Bertz CT molecular complexity index is 499. The predicted octanol–water partition coefficient (Wildman–Crippen LogP) is -0.592. The van der Waals surface area contributed by atoms with Gasteiger partial charge in [0.2, 0.25) is 0 Å². The topological polar surface area (TPSA) is 123 Å². The molecule has 0 fully saturated rings. The molecule has 3 N–H and O–H groups in total. The summed E-state index contributed by atoms with van der Waals surface area (Å²) >= 11 is 0. The zero-order valence-electron chi connectivity index (χ0n) is 11.1. The Morgan fingerprint density at radius 1 is 1.50 bits per heavy atom. The molecule has 1 unspecified atom stereocenters. The molecule has 0 bridgehead atoms. The number of hydrogen-bond donors (Lipinski definition) is 3. The zero-order valence-corrected chi connectivity index (χ0v) is 11.1. The maximum atomic E-state index is 11.5. The first-order chi connectivity index (χ1) is 9.43. The number of carboxylic acids is 1. The first kappa shape index (κ1) is 15.5. The molecule has 110 valence electrons. The van der Waals surface area contributed by atoms with Crippen molar-refractivity contribution in [1.29, 1.82) is 0 Å². The number of rotatable bonds is 6. The fraction of sp³-hybridized carbons (Fsp3) is 0.455. The largest absolute Gasteiger partial charge is 0.479 e. The van der Waals surface area contributed by atoms with E-state index >= 15 is 0 Å². The molecule has 0 aliphatic heterocycles. The van der Waals surface area contributed by atoms with Crippen molar-refractivity contribution < 1.29 is 24.2 Å². The molecule has 0 spiro atoms. The lowest BCUT2D eigenvalue weighted by Gasteiger charge is -2.13. The monoisotopic (exact) mass is 284 g/mol. The van der Waals surface area contributed by atoms with Gasteiger partial charge in [0.25, 0.3) is 0 Å². The molecule has 0 saturated carbocycles. The zero-order chi connectivity index (χ0) is 15.1. The summed E-state index contributed by atoms with van der Waals surface area (Å²) in [5, 5.41) is 17.4. The third-order valence-corrected chi connectivity index (χ3v) is 2.28. The number of ether oxygens (including phenoxy) is 1. The van der Waals surface area contributed by atoms with Crippen LogP contribution in [0.2, 0.25) is 0 Å². The standard InChI is InChI=1S/C11H16N4O5/c1-3-20-8(16)5-12-11(19)14-9(10(17)18)7-4-13-15(2)6-7/h4,6,9H,3,5H2,1-2H3,(H,17,18)(H2,12,14,19). The molecule has 0 radical (unpaired) electrons. The van der Waals surface area contributed by atoms with Gasteiger partial charge in [0, 0.05) is 18.8 Å². The fourth-order valence-electron chi connectivity index (χ4n) is 1.42. The van der Waals surface area contributed by atoms with Gasteiger partial charge < -0.3 is 20.5 Å². The third-order valence-electron chi connectivity index (χ3n) is 2.28. The molecule has 1 aromatic heterocycles. The first-order valence-corrected chi connectivity index (χ1v) is 5.85. The van der Waals surface area contributed by atoms with E-state index in [1.54, 1.807) is 14.0 Å². The maximum Gasteiger partial charge on any atom is 0.331 e. The van der Waals surface area contributed by atoms with E-state index in [0.29, 0.717) is 5.56 Å². The first-order valence-electron chi connectivity index (χ1n) is 5.85. The minimum Gasteiger partial charge on any atom is -0.479 e. The summed E-state index contributed by atoms with van der Waals surface area (Å²) in [6, 6.07) is -2.03. The van der Waals surface area contributed by atoms with Crippen molar-refractivity contribution >= 4 is 18.0 Å². The average Bonchev–Trinajstić information content (AvgIpc) is 2.80. The molecule has 1 aromatic rings. The molecular weight excluding hydrogens is 268 g/mol. The van der Waals surface area contributed by atoms with Gasteiger partial charge in [-0.2, -0.15) is 5.10 Å². The normalized spacial score (nSPS) is 11.5. The van der Waals surface area contributed by atoms with Gasteiger partial charge in [0.05, 0.1) is 12.8 Å². The second-order valence-corrected chi connectivity index (χ2v) is 3.85. The number of nitrogens with one attached hydrogen (secondary N) is 2. The number of aryl methyl sites for hydroxylation is 1. The molecule has 1 rings (SSSR count). The van der Waals surface area contributed by atoms with E-state index in [9.17, 15) is 14.4 Å². The van der Waals surface area contributed by atoms with E-state index in [0.717, 1.165) is 0 Å². The minimum absolute atomic E-state index is 0.204. The fourth-order valence-corrected chi connectivity index (χ4v) is 1.42. The smallest absolute Gasteiger partial charge is 0.331 e. The van der Waals surface area contributed by atoms with Crippen LogP contribution < -0.4 is 10.6 Å². The molecule has 2 amide bonds. The average molecular weight is 284 g/mol. The van der Waals surface area contributed by atoms with Crippen molar-refractivity contribution in [3.8, 4) is 0 Å². The summed E-state index contributed by atoms with van der Waals surface area (Å²) < 4.78 is 6.04. The van der Waals surface area contributed by atoms with Crippen LogP contribution in [0.3, 0.4) is 0 Å². The molecule has 1 atom stereocenters. The summed E-state index contributed by atoms with van der Waals surface area (Å²) in [5.41, 5.74) is 0.325. The van der Waals surface area contributed by atoms with Crippen LogP contribution in [0, 0.1) is 0 Å².